The molecule has 0 bridgehead atoms. The van der Waals surface area contributed by atoms with Gasteiger partial charge in [0.25, 0.3) is 0 Å². The Morgan fingerprint density at radius 3 is 2.38 bits per heavy atom. The van der Waals surface area contributed by atoms with Crippen LogP contribution in [0.3, 0.4) is 0 Å². The second-order valence-corrected chi connectivity index (χ2v) is 7.57. The fourth-order valence-corrected chi connectivity index (χ4v) is 3.63. The Balaban J connectivity index is 1.55. The van der Waals surface area contributed by atoms with Gasteiger partial charge in [0.15, 0.2) is 5.78 Å². The van der Waals surface area contributed by atoms with Crippen LogP contribution in [0, 0.1) is 0 Å². The van der Waals surface area contributed by atoms with Gasteiger partial charge in [-0.1, -0.05) is 11.8 Å². The molecule has 4 rings (SSSR count). The molecule has 0 atom stereocenters. The smallest absolute Gasteiger partial charge is 0.221 e. The van der Waals surface area contributed by atoms with Crippen LogP contribution in [0.5, 0.6) is 5.75 Å². The van der Waals surface area contributed by atoms with Gasteiger partial charge in [0.2, 0.25) is 11.1 Å². The highest BCUT2D eigenvalue weighted by Gasteiger charge is 2.17. The van der Waals surface area contributed by atoms with Crippen molar-refractivity contribution in [2.45, 2.75) is 12.1 Å². The summed E-state index contributed by atoms with van der Waals surface area (Å²) in [7, 11) is 1.49. The van der Waals surface area contributed by atoms with Crippen molar-refractivity contribution in [1.29, 1.82) is 0 Å². The molecule has 0 saturated carbocycles. The van der Waals surface area contributed by atoms with Crippen LogP contribution in [0.1, 0.15) is 17.3 Å². The molecule has 32 heavy (non-hydrogen) atoms. The van der Waals surface area contributed by atoms with E-state index in [1.165, 1.54) is 14.0 Å². The first-order valence-electron chi connectivity index (χ1n) is 9.46. The van der Waals surface area contributed by atoms with Crippen LogP contribution in [0.25, 0.3) is 22.5 Å². The Kier molecular flexibility index (Phi) is 6.31. The van der Waals surface area contributed by atoms with Gasteiger partial charge in [-0.15, -0.1) is 10.2 Å². The zero-order valence-electron chi connectivity index (χ0n) is 17.2. The maximum Gasteiger partial charge on any atom is 0.221 e. The van der Waals surface area contributed by atoms with E-state index in [9.17, 15) is 9.59 Å². The number of hydrogen-bond acceptors (Lipinski definition) is 9. The van der Waals surface area contributed by atoms with E-state index in [1.54, 1.807) is 55.4 Å². The van der Waals surface area contributed by atoms with E-state index in [-0.39, 0.29) is 17.4 Å². The largest absolute Gasteiger partial charge is 0.495 e. The minimum atomic E-state index is -0.258. The molecule has 0 spiro atoms. The van der Waals surface area contributed by atoms with E-state index in [0.29, 0.717) is 33.5 Å². The summed E-state index contributed by atoms with van der Waals surface area (Å²) in [4.78, 5) is 28.7. The van der Waals surface area contributed by atoms with Crippen molar-refractivity contribution in [3.8, 4) is 28.3 Å². The predicted octanol–water partition coefficient (Wildman–Crippen LogP) is 4.33. The second-order valence-electron chi connectivity index (χ2n) is 6.62. The molecule has 162 valence electrons. The molecule has 0 unspecified atom stereocenters. The second kappa shape index (κ2) is 9.48. The summed E-state index contributed by atoms with van der Waals surface area (Å²) in [5.41, 5.74) is 3.45. The minimum Gasteiger partial charge on any atom is -0.495 e. The number of furan rings is 2. The van der Waals surface area contributed by atoms with Gasteiger partial charge in [0.05, 0.1) is 43.6 Å². The number of hydrogen-bond donors (Lipinski definition) is 1. The molecule has 0 aliphatic carbocycles. The summed E-state index contributed by atoms with van der Waals surface area (Å²) >= 11 is 1.16. The van der Waals surface area contributed by atoms with Crippen LogP contribution in [0.4, 0.5) is 5.69 Å². The van der Waals surface area contributed by atoms with E-state index >= 15 is 0 Å². The zero-order valence-corrected chi connectivity index (χ0v) is 18.0. The number of rotatable bonds is 8. The zero-order chi connectivity index (χ0) is 22.5. The molecule has 0 saturated heterocycles. The standard InChI is InChI=1S/C22H18N4O5S/c1-13(27)23-17-9-14(3-4-19(17)29-2)18(28)12-32-22-24-20(15-5-7-30-10-15)21(25-26-22)16-6-8-31-11-16/h3-11H,12H2,1-2H3,(H,23,27). The molecule has 4 aromatic rings. The van der Waals surface area contributed by atoms with Gasteiger partial charge in [-0.25, -0.2) is 4.98 Å². The third kappa shape index (κ3) is 4.70. The monoisotopic (exact) mass is 450 g/mol. The third-order valence-electron chi connectivity index (χ3n) is 4.42. The summed E-state index contributed by atoms with van der Waals surface area (Å²) < 4.78 is 15.6. The van der Waals surface area contributed by atoms with Crippen molar-refractivity contribution in [2.75, 3.05) is 18.2 Å². The van der Waals surface area contributed by atoms with Gasteiger partial charge in [0.1, 0.15) is 17.1 Å². The molecular formula is C22H18N4O5S. The molecule has 0 radical (unpaired) electrons. The molecule has 1 aromatic carbocycles. The van der Waals surface area contributed by atoms with Crippen LogP contribution in [-0.4, -0.2) is 39.7 Å². The molecule has 3 aromatic heterocycles. The predicted molar refractivity (Wildman–Crippen MR) is 118 cm³/mol. The van der Waals surface area contributed by atoms with E-state index in [4.69, 9.17) is 13.6 Å². The lowest BCUT2D eigenvalue weighted by atomic mass is 10.1. The lowest BCUT2D eigenvalue weighted by Crippen LogP contribution is -2.10. The summed E-state index contributed by atoms with van der Waals surface area (Å²) in [6.07, 6.45) is 6.21. The number of ether oxygens (including phenoxy) is 1. The van der Waals surface area contributed by atoms with Gasteiger partial charge in [-0.05, 0) is 30.3 Å². The average molecular weight is 450 g/mol. The van der Waals surface area contributed by atoms with Gasteiger partial charge in [-0.3, -0.25) is 9.59 Å². The Labute approximate surface area is 187 Å². The number of methoxy groups -OCH3 is 1. The fourth-order valence-electron chi connectivity index (χ4n) is 2.95. The summed E-state index contributed by atoms with van der Waals surface area (Å²) in [5.74, 6) is 0.142. The average Bonchev–Trinajstić information content (AvgIpc) is 3.51. The quantitative estimate of drug-likeness (QED) is 0.309. The maximum atomic E-state index is 12.7. The summed E-state index contributed by atoms with van der Waals surface area (Å²) in [6, 6.07) is 8.40. The van der Waals surface area contributed by atoms with E-state index in [2.05, 4.69) is 20.5 Å². The van der Waals surface area contributed by atoms with Crippen molar-refractivity contribution >= 4 is 29.1 Å². The topological polar surface area (TPSA) is 120 Å². The van der Waals surface area contributed by atoms with E-state index in [1.807, 2.05) is 0 Å². The first kappa shape index (κ1) is 21.3. The Morgan fingerprint density at radius 2 is 1.75 bits per heavy atom. The lowest BCUT2D eigenvalue weighted by molar-refractivity contribution is -0.114. The van der Waals surface area contributed by atoms with Gasteiger partial charge in [0, 0.05) is 23.6 Å². The number of carbonyl (C=O) groups is 2. The summed E-state index contributed by atoms with van der Waals surface area (Å²) in [5, 5.41) is 11.4. The molecule has 1 N–H and O–H groups in total. The fraction of sp³-hybridized carbons (Fsp3) is 0.136. The summed E-state index contributed by atoms with van der Waals surface area (Å²) in [6.45, 7) is 1.39. The van der Waals surface area contributed by atoms with Gasteiger partial charge < -0.3 is 18.9 Å². The van der Waals surface area contributed by atoms with Crippen LogP contribution in [0.2, 0.25) is 0 Å². The number of anilines is 1. The number of nitrogens with one attached hydrogen (secondary N) is 1. The molecular weight excluding hydrogens is 432 g/mol. The van der Waals surface area contributed by atoms with Crippen LogP contribution < -0.4 is 10.1 Å². The molecule has 0 aliphatic heterocycles. The number of ketones is 1. The highest BCUT2D eigenvalue weighted by atomic mass is 32.2. The van der Waals surface area contributed by atoms with Crippen molar-refractivity contribution in [1.82, 2.24) is 15.2 Å². The molecule has 10 heteroatoms. The number of nitrogens with zero attached hydrogens (tertiary/aromatic N) is 3. The molecule has 0 fully saturated rings. The van der Waals surface area contributed by atoms with Crippen LogP contribution in [0.15, 0.2) is 69.4 Å². The first-order chi connectivity index (χ1) is 15.5. The van der Waals surface area contributed by atoms with Crippen LogP contribution >= 0.6 is 11.8 Å². The number of benzene rings is 1. The number of amides is 1. The highest BCUT2D eigenvalue weighted by molar-refractivity contribution is 7.99. The molecule has 9 nitrogen and oxygen atoms in total. The number of carbonyl (C=O) groups excluding carboxylic acids is 2. The minimum absolute atomic E-state index is 0.0867. The molecule has 1 amide bonds. The number of thioether (sulfide) groups is 1. The van der Waals surface area contributed by atoms with Gasteiger partial charge in [-0.2, -0.15) is 0 Å². The Morgan fingerprint density at radius 1 is 1.03 bits per heavy atom. The highest BCUT2D eigenvalue weighted by Crippen LogP contribution is 2.31. The van der Waals surface area contributed by atoms with Gasteiger partial charge >= 0.3 is 0 Å². The Bertz CT molecular complexity index is 1240. The number of aromatic nitrogens is 3. The van der Waals surface area contributed by atoms with E-state index < -0.39 is 0 Å². The van der Waals surface area contributed by atoms with E-state index in [0.717, 1.165) is 22.9 Å². The SMILES string of the molecule is COc1ccc(C(=O)CSc2nnc(-c3ccoc3)c(-c3ccoc3)n2)cc1NC(C)=O. The maximum absolute atomic E-state index is 12.7. The molecule has 3 heterocycles. The third-order valence-corrected chi connectivity index (χ3v) is 5.26. The lowest BCUT2D eigenvalue weighted by Gasteiger charge is -2.10. The van der Waals surface area contributed by atoms with Crippen molar-refractivity contribution < 1.29 is 23.2 Å². The number of Topliss-reactive ketones (excluding diaryl/α,β-unsaturated/α-hetero) is 1. The van der Waals surface area contributed by atoms with Crippen molar-refractivity contribution in [3.63, 3.8) is 0 Å². The normalized spacial score (nSPS) is 10.7. The first-order valence-corrected chi connectivity index (χ1v) is 10.4. The van der Waals surface area contributed by atoms with Crippen molar-refractivity contribution in [3.05, 3.63) is 60.9 Å². The Hall–Kier alpha value is -3.92. The van der Waals surface area contributed by atoms with Crippen molar-refractivity contribution in [2.24, 2.45) is 0 Å². The van der Waals surface area contributed by atoms with Crippen LogP contribution in [-0.2, 0) is 4.79 Å². The molecule has 0 aliphatic rings.